The molecule has 0 spiro atoms. The van der Waals surface area contributed by atoms with Gasteiger partial charge in [0.15, 0.2) is 5.72 Å². The Morgan fingerprint density at radius 3 is 2.41 bits per heavy atom. The van der Waals surface area contributed by atoms with Crippen molar-refractivity contribution in [1.82, 2.24) is 14.2 Å². The lowest BCUT2D eigenvalue weighted by Gasteiger charge is -2.46. The number of piperazine rings is 1. The van der Waals surface area contributed by atoms with Gasteiger partial charge in [0.1, 0.15) is 0 Å². The van der Waals surface area contributed by atoms with Crippen LogP contribution in [0.5, 0.6) is 0 Å². The summed E-state index contributed by atoms with van der Waals surface area (Å²) in [7, 11) is -4.21. The summed E-state index contributed by atoms with van der Waals surface area (Å²) in [6.45, 7) is 2.56. The fourth-order valence-corrected chi connectivity index (χ4v) is 4.97. The molecule has 172 valence electrons. The van der Waals surface area contributed by atoms with E-state index in [1.165, 1.54) is 24.1 Å². The smallest absolute Gasteiger partial charge is 0.416 e. The first-order valence-electron chi connectivity index (χ1n) is 9.42. The molecule has 0 aliphatic carbocycles. The summed E-state index contributed by atoms with van der Waals surface area (Å²) in [5.74, 6) is -0.480. The number of ether oxygens (including phenoxy) is 1. The van der Waals surface area contributed by atoms with Crippen molar-refractivity contribution in [2.24, 2.45) is 0 Å². The number of carbonyl (C=O) groups excluding carboxylic acids is 2. The third kappa shape index (κ3) is 4.60. The Morgan fingerprint density at radius 1 is 1.19 bits per heavy atom. The number of amides is 1. The molecular formula is C20H20F3N3O5S. The minimum absolute atomic E-state index is 0.107. The molecule has 8 nitrogen and oxygen atoms in total. The van der Waals surface area contributed by atoms with Crippen LogP contribution in [-0.2, 0) is 25.7 Å². The minimum atomic E-state index is -4.60. The minimum Gasteiger partial charge on any atom is -0.440 e. The maximum Gasteiger partial charge on any atom is 0.416 e. The van der Waals surface area contributed by atoms with E-state index in [1.54, 1.807) is 13.0 Å². The molecule has 12 heteroatoms. The summed E-state index contributed by atoms with van der Waals surface area (Å²) in [5, 5.41) is 0. The number of benzene rings is 1. The largest absolute Gasteiger partial charge is 0.440 e. The van der Waals surface area contributed by atoms with Crippen molar-refractivity contribution in [2.75, 3.05) is 19.6 Å². The summed E-state index contributed by atoms with van der Waals surface area (Å²) in [4.78, 5) is 29.1. The lowest BCUT2D eigenvalue weighted by molar-refractivity contribution is -0.166. The van der Waals surface area contributed by atoms with Crippen molar-refractivity contribution in [3.8, 4) is 0 Å². The Hall–Kier alpha value is -2.99. The molecule has 1 atom stereocenters. The monoisotopic (exact) mass is 471 g/mol. The lowest BCUT2D eigenvalue weighted by Crippen LogP contribution is -2.64. The normalized spacial score (nSPS) is 20.1. The summed E-state index contributed by atoms with van der Waals surface area (Å²) in [6, 6.07) is 6.14. The van der Waals surface area contributed by atoms with Crippen LogP contribution in [0.25, 0.3) is 0 Å². The summed E-state index contributed by atoms with van der Waals surface area (Å²) in [5.41, 5.74) is -1.73. The number of carbonyl (C=O) groups is 2. The first kappa shape index (κ1) is 23.7. The molecule has 0 radical (unpaired) electrons. The van der Waals surface area contributed by atoms with Crippen LogP contribution < -0.4 is 0 Å². The second-order valence-corrected chi connectivity index (χ2v) is 9.33. The first-order chi connectivity index (χ1) is 14.9. The highest BCUT2D eigenvalue weighted by Crippen LogP contribution is 2.32. The van der Waals surface area contributed by atoms with Crippen LogP contribution in [0, 0.1) is 6.92 Å². The third-order valence-corrected chi connectivity index (χ3v) is 6.98. The van der Waals surface area contributed by atoms with Gasteiger partial charge < -0.3 is 4.74 Å². The van der Waals surface area contributed by atoms with Gasteiger partial charge in [0.25, 0.3) is 12.4 Å². The topological polar surface area (TPSA) is 96.9 Å². The zero-order valence-corrected chi connectivity index (χ0v) is 18.0. The molecule has 1 aliphatic heterocycles. The second kappa shape index (κ2) is 8.51. The molecule has 0 saturated carbocycles. The van der Waals surface area contributed by atoms with Crippen LogP contribution in [0.4, 0.5) is 13.2 Å². The van der Waals surface area contributed by atoms with Gasteiger partial charge in [-0.3, -0.25) is 19.5 Å². The molecule has 1 aromatic heterocycles. The molecular weight excluding hydrogens is 451 g/mol. The van der Waals surface area contributed by atoms with Crippen LogP contribution in [0.2, 0.25) is 0 Å². The van der Waals surface area contributed by atoms with Crippen molar-refractivity contribution < 1.29 is 35.9 Å². The highest BCUT2D eigenvalue weighted by molar-refractivity contribution is 7.89. The molecule has 1 aromatic carbocycles. The van der Waals surface area contributed by atoms with Gasteiger partial charge in [0.05, 0.1) is 17.0 Å². The number of nitrogens with zero attached hydrogens (tertiary/aromatic N) is 3. The van der Waals surface area contributed by atoms with E-state index in [1.807, 2.05) is 0 Å². The summed E-state index contributed by atoms with van der Waals surface area (Å²) in [6.07, 6.45) is -3.15. The van der Waals surface area contributed by atoms with Gasteiger partial charge in [-0.25, -0.2) is 8.42 Å². The number of aryl methyl sites for hydroxylation is 1. The van der Waals surface area contributed by atoms with E-state index in [4.69, 9.17) is 4.74 Å². The van der Waals surface area contributed by atoms with Crippen LogP contribution in [0.1, 0.15) is 28.5 Å². The predicted molar refractivity (Wildman–Crippen MR) is 106 cm³/mol. The van der Waals surface area contributed by atoms with E-state index in [9.17, 15) is 31.2 Å². The van der Waals surface area contributed by atoms with Gasteiger partial charge in [-0.2, -0.15) is 17.5 Å². The molecule has 1 fully saturated rings. The number of aromatic nitrogens is 1. The zero-order valence-electron chi connectivity index (χ0n) is 17.2. The number of hydrogen-bond acceptors (Lipinski definition) is 6. The maximum absolute atomic E-state index is 13.0. The van der Waals surface area contributed by atoms with Gasteiger partial charge in [-0.15, -0.1) is 0 Å². The van der Waals surface area contributed by atoms with E-state index in [-0.39, 0.29) is 30.0 Å². The van der Waals surface area contributed by atoms with Crippen molar-refractivity contribution in [3.05, 3.63) is 59.4 Å². The van der Waals surface area contributed by atoms with Crippen LogP contribution in [-0.4, -0.2) is 60.3 Å². The number of rotatable bonds is 5. The van der Waals surface area contributed by atoms with Crippen molar-refractivity contribution in [3.63, 3.8) is 0 Å². The lowest BCUT2D eigenvalue weighted by atomic mass is 10.1. The van der Waals surface area contributed by atoms with Gasteiger partial charge in [0.2, 0.25) is 10.0 Å². The van der Waals surface area contributed by atoms with Gasteiger partial charge in [0, 0.05) is 30.5 Å². The quantitative estimate of drug-likeness (QED) is 0.622. The highest BCUT2D eigenvalue weighted by atomic mass is 32.2. The van der Waals surface area contributed by atoms with Gasteiger partial charge >= 0.3 is 6.18 Å². The molecule has 1 amide bonds. The molecule has 2 heterocycles. The Labute approximate surface area is 182 Å². The van der Waals surface area contributed by atoms with Crippen LogP contribution >= 0.6 is 0 Å². The molecule has 1 aliphatic rings. The number of halogens is 3. The van der Waals surface area contributed by atoms with Crippen molar-refractivity contribution >= 4 is 22.4 Å². The van der Waals surface area contributed by atoms with E-state index < -0.39 is 39.9 Å². The molecule has 2 aromatic rings. The zero-order chi connectivity index (χ0) is 23.7. The first-order valence-corrected chi connectivity index (χ1v) is 10.9. The predicted octanol–water partition coefficient (Wildman–Crippen LogP) is 2.44. The number of hydrogen-bond donors (Lipinski definition) is 0. The summed E-state index contributed by atoms with van der Waals surface area (Å²) < 4.78 is 70.5. The Morgan fingerprint density at radius 2 is 1.84 bits per heavy atom. The molecule has 0 unspecified atom stereocenters. The van der Waals surface area contributed by atoms with E-state index in [0.29, 0.717) is 17.8 Å². The SMILES string of the molecule is Cc1cc(C(=O)N2CCN(S(=O)(=O)c3ccc(C(F)(F)F)cc3)C[C@]2(C)OC=O)ccn1. The van der Waals surface area contributed by atoms with Gasteiger partial charge in [-0.1, -0.05) is 0 Å². The van der Waals surface area contributed by atoms with Crippen molar-refractivity contribution in [2.45, 2.75) is 30.6 Å². The standard InChI is InChI=1S/C20H20F3N3O5S/c1-14-11-15(7-8-24-14)18(28)26-10-9-25(12-19(26,2)31-13-27)32(29,30)17-5-3-16(4-6-17)20(21,22)23/h3-8,11,13H,9-10,12H2,1-2H3/t19-/m0/s1. The van der Waals surface area contributed by atoms with Crippen LogP contribution in [0.3, 0.4) is 0 Å². The average Bonchev–Trinajstić information content (AvgIpc) is 2.72. The Bertz CT molecular complexity index is 1120. The number of alkyl halides is 3. The molecule has 3 rings (SSSR count). The molecule has 0 bridgehead atoms. The fourth-order valence-electron chi connectivity index (χ4n) is 3.47. The van der Waals surface area contributed by atoms with E-state index in [2.05, 4.69) is 4.98 Å². The fraction of sp³-hybridized carbons (Fsp3) is 0.350. The Balaban J connectivity index is 1.89. The second-order valence-electron chi connectivity index (χ2n) is 7.39. The average molecular weight is 471 g/mol. The molecule has 32 heavy (non-hydrogen) atoms. The summed E-state index contributed by atoms with van der Waals surface area (Å²) >= 11 is 0. The van der Waals surface area contributed by atoms with Crippen molar-refractivity contribution in [1.29, 1.82) is 0 Å². The number of sulfonamides is 1. The molecule has 0 N–H and O–H groups in total. The van der Waals surface area contributed by atoms with E-state index >= 15 is 0 Å². The van der Waals surface area contributed by atoms with Gasteiger partial charge in [-0.05, 0) is 50.2 Å². The maximum atomic E-state index is 13.0. The highest BCUT2D eigenvalue weighted by Gasteiger charge is 2.46. The third-order valence-electron chi connectivity index (χ3n) is 5.12. The molecule has 1 saturated heterocycles. The number of pyridine rings is 1. The Kier molecular flexibility index (Phi) is 6.29. The van der Waals surface area contributed by atoms with E-state index in [0.717, 1.165) is 16.4 Å². The van der Waals surface area contributed by atoms with Crippen LogP contribution in [0.15, 0.2) is 47.5 Å².